The van der Waals surface area contributed by atoms with Crippen molar-refractivity contribution in [3.05, 3.63) is 52.7 Å². The summed E-state index contributed by atoms with van der Waals surface area (Å²) >= 11 is 10.9. The average molecular weight is 445 g/mol. The number of hydrogen-bond donors (Lipinski definition) is 4. The number of unbranched alkanes of at least 4 members (excludes halogenated alkanes) is 2. The van der Waals surface area contributed by atoms with Gasteiger partial charge >= 0.3 is 0 Å². The molecule has 4 N–H and O–H groups in total. The quantitative estimate of drug-likeness (QED) is 0.314. The lowest BCUT2D eigenvalue weighted by Crippen LogP contribution is -2.40. The van der Waals surface area contributed by atoms with Gasteiger partial charge in [-0.05, 0) is 87.6 Å². The van der Waals surface area contributed by atoms with Crippen molar-refractivity contribution in [1.82, 2.24) is 16.0 Å². The largest absolute Gasteiger partial charge is 0.362 e. The molecule has 2 rings (SSSR count). The van der Waals surface area contributed by atoms with Crippen LogP contribution in [0.1, 0.15) is 57.6 Å². The highest BCUT2D eigenvalue weighted by Crippen LogP contribution is 2.34. The summed E-state index contributed by atoms with van der Waals surface area (Å²) in [4.78, 5) is 0. The Morgan fingerprint density at radius 1 is 0.900 bits per heavy atom. The Labute approximate surface area is 193 Å². The Hall–Kier alpha value is -1.92. The number of allylic oxidation sites excluding steroid dienone is 4. The predicted octanol–water partition coefficient (Wildman–Crippen LogP) is 5.48. The maximum Gasteiger partial charge on any atom is 0.170 e. The van der Waals surface area contributed by atoms with Crippen LogP contribution in [0.3, 0.4) is 0 Å². The molecule has 0 amide bonds. The van der Waals surface area contributed by atoms with E-state index >= 15 is 0 Å². The molecule has 1 aliphatic rings. The molecule has 6 heteroatoms. The molecule has 30 heavy (non-hydrogen) atoms. The molecule has 0 bridgehead atoms. The van der Waals surface area contributed by atoms with Gasteiger partial charge in [-0.1, -0.05) is 44.2 Å². The van der Waals surface area contributed by atoms with Crippen LogP contribution in [0.2, 0.25) is 0 Å². The van der Waals surface area contributed by atoms with E-state index in [1.165, 1.54) is 22.4 Å². The number of benzene rings is 1. The summed E-state index contributed by atoms with van der Waals surface area (Å²) in [5.41, 5.74) is 6.08. The van der Waals surface area contributed by atoms with Crippen LogP contribution in [0.4, 0.5) is 5.69 Å². The average Bonchev–Trinajstić information content (AvgIpc) is 2.67. The first-order valence-corrected chi connectivity index (χ1v) is 11.6. The second kappa shape index (κ2) is 11.5. The second-order valence-electron chi connectivity index (χ2n) is 8.64. The summed E-state index contributed by atoms with van der Waals surface area (Å²) in [7, 11) is 0. The van der Waals surface area contributed by atoms with Gasteiger partial charge in [0.15, 0.2) is 10.2 Å². The molecule has 0 aliphatic heterocycles. The number of anilines is 1. The van der Waals surface area contributed by atoms with Crippen LogP contribution in [0.25, 0.3) is 0 Å². The van der Waals surface area contributed by atoms with Crippen molar-refractivity contribution >= 4 is 40.3 Å². The van der Waals surface area contributed by atoms with Crippen LogP contribution in [-0.4, -0.2) is 23.3 Å². The predicted molar refractivity (Wildman–Crippen MR) is 138 cm³/mol. The van der Waals surface area contributed by atoms with Gasteiger partial charge in [-0.2, -0.15) is 0 Å². The second-order valence-corrected chi connectivity index (χ2v) is 9.45. The first-order valence-electron chi connectivity index (χ1n) is 10.7. The fourth-order valence-corrected chi connectivity index (χ4v) is 4.08. The fourth-order valence-electron chi connectivity index (χ4n) is 3.67. The molecule has 1 aliphatic carbocycles. The lowest BCUT2D eigenvalue weighted by molar-refractivity contribution is 0.426. The zero-order chi connectivity index (χ0) is 22.1. The number of nitrogens with one attached hydrogen (secondary N) is 4. The zero-order valence-corrected chi connectivity index (χ0v) is 20.6. The number of rotatable bonds is 8. The number of aryl methyl sites for hydroxylation is 2. The van der Waals surface area contributed by atoms with Gasteiger partial charge in [0.05, 0.1) is 0 Å². The van der Waals surface area contributed by atoms with Gasteiger partial charge < -0.3 is 21.3 Å². The molecule has 1 aromatic rings. The van der Waals surface area contributed by atoms with Gasteiger partial charge in [0.25, 0.3) is 0 Å². The smallest absolute Gasteiger partial charge is 0.170 e. The van der Waals surface area contributed by atoms with Gasteiger partial charge in [-0.25, -0.2) is 0 Å². The molecule has 0 saturated heterocycles. The first kappa shape index (κ1) is 24.4. The molecule has 0 fully saturated rings. The molecular weight excluding hydrogens is 408 g/mol. The summed E-state index contributed by atoms with van der Waals surface area (Å²) in [6.07, 6.45) is 8.69. The highest BCUT2D eigenvalue weighted by molar-refractivity contribution is 7.80. The summed E-state index contributed by atoms with van der Waals surface area (Å²) in [5.74, 6) is 0. The summed E-state index contributed by atoms with van der Waals surface area (Å²) in [5, 5.41) is 14.8. The van der Waals surface area contributed by atoms with Crippen molar-refractivity contribution in [2.24, 2.45) is 5.41 Å². The van der Waals surface area contributed by atoms with Crippen molar-refractivity contribution in [1.29, 1.82) is 0 Å². The molecule has 164 valence electrons. The SMILES string of the molecule is CC1=C(NC(=S)NCCCCCNC(=S)Nc2c(C)cccc2C)C(C)(C)CC=C1. The maximum atomic E-state index is 5.49. The number of para-hydroxylation sites is 1. The van der Waals surface area contributed by atoms with Crippen LogP contribution in [0.15, 0.2) is 41.6 Å². The van der Waals surface area contributed by atoms with Crippen LogP contribution < -0.4 is 21.3 Å². The monoisotopic (exact) mass is 444 g/mol. The minimum absolute atomic E-state index is 0.0968. The van der Waals surface area contributed by atoms with E-state index in [4.69, 9.17) is 24.4 Å². The van der Waals surface area contributed by atoms with Crippen LogP contribution >= 0.6 is 24.4 Å². The molecule has 0 radical (unpaired) electrons. The Balaban J connectivity index is 1.59. The van der Waals surface area contributed by atoms with Gasteiger partial charge in [-0.15, -0.1) is 0 Å². The first-order chi connectivity index (χ1) is 14.2. The lowest BCUT2D eigenvalue weighted by atomic mass is 9.80. The van der Waals surface area contributed by atoms with Gasteiger partial charge in [-0.3, -0.25) is 0 Å². The third kappa shape index (κ3) is 7.40. The van der Waals surface area contributed by atoms with Gasteiger partial charge in [0.1, 0.15) is 0 Å². The van der Waals surface area contributed by atoms with E-state index in [1.54, 1.807) is 0 Å². The fraction of sp³-hybridized carbons (Fsp3) is 0.500. The van der Waals surface area contributed by atoms with Crippen molar-refractivity contribution in [3.8, 4) is 0 Å². The summed E-state index contributed by atoms with van der Waals surface area (Å²) < 4.78 is 0. The highest BCUT2D eigenvalue weighted by atomic mass is 32.1. The molecule has 0 saturated carbocycles. The third-order valence-corrected chi connectivity index (χ3v) is 5.94. The molecule has 0 heterocycles. The van der Waals surface area contributed by atoms with Gasteiger partial charge in [0, 0.05) is 29.9 Å². The van der Waals surface area contributed by atoms with E-state index in [9.17, 15) is 0 Å². The van der Waals surface area contributed by atoms with E-state index < -0.39 is 0 Å². The number of hydrogen-bond acceptors (Lipinski definition) is 2. The molecule has 0 aromatic heterocycles. The van der Waals surface area contributed by atoms with Gasteiger partial charge in [0.2, 0.25) is 0 Å². The highest BCUT2D eigenvalue weighted by Gasteiger charge is 2.26. The minimum Gasteiger partial charge on any atom is -0.362 e. The van der Waals surface area contributed by atoms with Crippen molar-refractivity contribution in [2.75, 3.05) is 18.4 Å². The Morgan fingerprint density at radius 3 is 2.03 bits per heavy atom. The minimum atomic E-state index is 0.0968. The van der Waals surface area contributed by atoms with E-state index in [0.29, 0.717) is 10.2 Å². The Bertz CT molecular complexity index is 804. The van der Waals surface area contributed by atoms with E-state index in [2.05, 4.69) is 86.2 Å². The standard InChI is InChI=1S/C24H36N4S2/c1-17-11-9-12-18(2)20(17)27-22(29)25-15-7-6-8-16-26-23(30)28-21-19(3)13-10-14-24(21,4)5/h9-13H,6-8,14-16H2,1-5H3,(H2,25,27,29)(H2,26,28,30). The number of thiocarbonyl (C=S) groups is 2. The van der Waals surface area contributed by atoms with Crippen LogP contribution in [-0.2, 0) is 0 Å². The van der Waals surface area contributed by atoms with Crippen LogP contribution in [0, 0.1) is 19.3 Å². The zero-order valence-electron chi connectivity index (χ0n) is 18.9. The maximum absolute atomic E-state index is 5.49. The van der Waals surface area contributed by atoms with E-state index in [1.807, 2.05) is 0 Å². The molecule has 0 spiro atoms. The molecule has 0 unspecified atom stereocenters. The Morgan fingerprint density at radius 2 is 1.47 bits per heavy atom. The molecule has 4 nitrogen and oxygen atoms in total. The van der Waals surface area contributed by atoms with E-state index in [0.717, 1.165) is 44.5 Å². The van der Waals surface area contributed by atoms with Crippen LogP contribution in [0.5, 0.6) is 0 Å². The molecule has 1 aromatic carbocycles. The normalized spacial score (nSPS) is 15.0. The van der Waals surface area contributed by atoms with E-state index in [-0.39, 0.29) is 5.41 Å². The van der Waals surface area contributed by atoms with Crippen molar-refractivity contribution in [2.45, 2.75) is 60.3 Å². The molecule has 0 atom stereocenters. The topological polar surface area (TPSA) is 48.1 Å². The molecular formula is C24H36N4S2. The third-order valence-electron chi connectivity index (χ3n) is 5.45. The lowest BCUT2D eigenvalue weighted by Gasteiger charge is -2.32. The Kier molecular flexibility index (Phi) is 9.31. The summed E-state index contributed by atoms with van der Waals surface area (Å²) in [6.45, 7) is 12.6. The van der Waals surface area contributed by atoms with Crippen molar-refractivity contribution < 1.29 is 0 Å². The summed E-state index contributed by atoms with van der Waals surface area (Å²) in [6, 6.07) is 6.24. The van der Waals surface area contributed by atoms with Crippen molar-refractivity contribution in [3.63, 3.8) is 0 Å².